The molecule has 0 unspecified atom stereocenters. The second-order valence-corrected chi connectivity index (χ2v) is 10.5. The van der Waals surface area contributed by atoms with Crippen molar-refractivity contribution in [2.45, 2.75) is 75.7 Å². The Labute approximate surface area is 214 Å². The topological polar surface area (TPSA) is 110 Å². The molecule has 2 fully saturated rings. The summed E-state index contributed by atoms with van der Waals surface area (Å²) in [6, 6.07) is 7.50. The summed E-state index contributed by atoms with van der Waals surface area (Å²) in [7, 11) is 1.41. The smallest absolute Gasteiger partial charge is 0.245 e. The second-order valence-electron chi connectivity index (χ2n) is 10.5. The molecule has 5 rings (SSSR count). The van der Waals surface area contributed by atoms with Gasteiger partial charge in [0.2, 0.25) is 17.8 Å². The van der Waals surface area contributed by atoms with Gasteiger partial charge in [-0.15, -0.1) is 10.2 Å². The number of halogens is 2. The number of anilines is 1. The molecule has 1 aromatic carbocycles. The predicted molar refractivity (Wildman–Crippen MR) is 137 cm³/mol. The van der Waals surface area contributed by atoms with Crippen LogP contribution in [0.3, 0.4) is 0 Å². The zero-order valence-electron chi connectivity index (χ0n) is 21.3. The van der Waals surface area contributed by atoms with Gasteiger partial charge in [-0.25, -0.2) is 9.37 Å². The average molecular weight is 511 g/mol. The van der Waals surface area contributed by atoms with E-state index in [1.165, 1.54) is 25.4 Å². The van der Waals surface area contributed by atoms with Gasteiger partial charge < -0.3 is 20.5 Å². The molecule has 3 N–H and O–H groups in total. The van der Waals surface area contributed by atoms with Crippen LogP contribution < -0.4 is 15.4 Å². The van der Waals surface area contributed by atoms with Crippen molar-refractivity contribution in [2.75, 3.05) is 12.0 Å². The maximum Gasteiger partial charge on any atom is 0.245 e. The van der Waals surface area contributed by atoms with Crippen LogP contribution in [0.5, 0.6) is 11.6 Å². The number of ether oxygens (including phenoxy) is 1. The molecule has 196 valence electrons. The Morgan fingerprint density at radius 3 is 2.57 bits per heavy atom. The minimum Gasteiger partial charge on any atom is -0.507 e. The summed E-state index contributed by atoms with van der Waals surface area (Å²) in [5, 5.41) is 19.4. The number of nitrogens with two attached hydrogens (primary N) is 1. The van der Waals surface area contributed by atoms with Crippen molar-refractivity contribution in [1.82, 2.24) is 20.2 Å². The fourth-order valence-electron chi connectivity index (χ4n) is 5.24. The molecule has 2 aromatic heterocycles. The minimum atomic E-state index is -1.37. The Balaban J connectivity index is 1.43. The number of methoxy groups -OCH3 is 1. The van der Waals surface area contributed by atoms with Crippen LogP contribution >= 0.6 is 0 Å². The van der Waals surface area contributed by atoms with Gasteiger partial charge in [0.05, 0.1) is 19.3 Å². The number of alkyl halides is 1. The molecule has 3 aromatic rings. The number of benzene rings is 1. The average Bonchev–Trinajstić information content (AvgIpc) is 3.71. The number of phenols is 1. The number of hydrogen-bond acceptors (Lipinski definition) is 8. The fourth-order valence-corrected chi connectivity index (χ4v) is 5.24. The molecule has 0 radical (unpaired) electrons. The van der Waals surface area contributed by atoms with Gasteiger partial charge in [-0.2, -0.15) is 9.37 Å². The van der Waals surface area contributed by atoms with Crippen LogP contribution in [0.1, 0.15) is 52.4 Å². The van der Waals surface area contributed by atoms with E-state index >= 15 is 4.39 Å². The van der Waals surface area contributed by atoms with E-state index < -0.39 is 23.2 Å². The lowest BCUT2D eigenvalue weighted by atomic mass is 9.71. The molecule has 0 bridgehead atoms. The van der Waals surface area contributed by atoms with Crippen molar-refractivity contribution in [3.8, 4) is 34.0 Å². The van der Waals surface area contributed by atoms with E-state index in [1.54, 1.807) is 18.2 Å². The molecule has 10 heteroatoms. The molecule has 3 atom stereocenters. The highest BCUT2D eigenvalue weighted by Gasteiger charge is 2.52. The Bertz CT molecular complexity index is 1280. The molecule has 2 aliphatic carbocycles. The zero-order chi connectivity index (χ0) is 26.4. The van der Waals surface area contributed by atoms with E-state index in [2.05, 4.69) is 20.2 Å². The molecule has 0 saturated heterocycles. The lowest BCUT2D eigenvalue weighted by molar-refractivity contribution is 0.0440. The Kier molecular flexibility index (Phi) is 6.47. The van der Waals surface area contributed by atoms with Gasteiger partial charge in [0.15, 0.2) is 0 Å². The number of pyridine rings is 1. The third-order valence-corrected chi connectivity index (χ3v) is 7.60. The molecule has 8 nitrogen and oxygen atoms in total. The van der Waals surface area contributed by atoms with E-state index in [1.807, 2.05) is 18.7 Å². The van der Waals surface area contributed by atoms with E-state index in [0.717, 1.165) is 12.8 Å². The summed E-state index contributed by atoms with van der Waals surface area (Å²) in [6.45, 7) is 3.85. The van der Waals surface area contributed by atoms with E-state index in [0.29, 0.717) is 54.0 Å². The molecule has 0 amide bonds. The van der Waals surface area contributed by atoms with Gasteiger partial charge in [0.25, 0.3) is 0 Å². The first kappa shape index (κ1) is 25.3. The van der Waals surface area contributed by atoms with E-state index in [4.69, 9.17) is 10.5 Å². The summed E-state index contributed by atoms with van der Waals surface area (Å²) < 4.78 is 34.9. The van der Waals surface area contributed by atoms with Crippen molar-refractivity contribution >= 4 is 5.95 Å². The van der Waals surface area contributed by atoms with Crippen LogP contribution in [0.15, 0.2) is 36.5 Å². The Morgan fingerprint density at radius 1 is 1.16 bits per heavy atom. The Hall–Kier alpha value is -3.40. The summed E-state index contributed by atoms with van der Waals surface area (Å²) >= 11 is 0. The monoisotopic (exact) mass is 510 g/mol. The van der Waals surface area contributed by atoms with Crippen LogP contribution in [0.2, 0.25) is 0 Å². The van der Waals surface area contributed by atoms with Crippen LogP contribution in [0, 0.1) is 5.95 Å². The Morgan fingerprint density at radius 2 is 1.95 bits per heavy atom. The summed E-state index contributed by atoms with van der Waals surface area (Å²) in [6.07, 6.45) is 5.40. The minimum absolute atomic E-state index is 0.0588. The van der Waals surface area contributed by atoms with Gasteiger partial charge >= 0.3 is 0 Å². The maximum absolute atomic E-state index is 16.0. The van der Waals surface area contributed by atoms with Crippen LogP contribution in [-0.2, 0) is 0 Å². The quantitative estimate of drug-likeness (QED) is 0.436. The zero-order valence-corrected chi connectivity index (χ0v) is 21.3. The van der Waals surface area contributed by atoms with Gasteiger partial charge in [0.1, 0.15) is 17.1 Å². The first-order valence-electron chi connectivity index (χ1n) is 12.6. The van der Waals surface area contributed by atoms with Crippen molar-refractivity contribution in [3.63, 3.8) is 0 Å². The van der Waals surface area contributed by atoms with Crippen molar-refractivity contribution in [2.24, 2.45) is 5.73 Å². The highest BCUT2D eigenvalue weighted by Crippen LogP contribution is 2.45. The number of hydrogen-bond donors (Lipinski definition) is 2. The molecular weight excluding hydrogens is 478 g/mol. The third kappa shape index (κ3) is 5.07. The van der Waals surface area contributed by atoms with Crippen molar-refractivity contribution < 1.29 is 18.6 Å². The molecule has 0 aliphatic heterocycles. The number of aromatic hydroxyl groups is 1. The number of phenolic OH excluding ortho intramolecular Hbond substituents is 1. The second kappa shape index (κ2) is 9.48. The first-order chi connectivity index (χ1) is 17.6. The molecule has 2 aliphatic rings. The van der Waals surface area contributed by atoms with Crippen molar-refractivity contribution in [3.05, 3.63) is 42.5 Å². The lowest BCUT2D eigenvalue weighted by Crippen LogP contribution is -2.60. The first-order valence-corrected chi connectivity index (χ1v) is 12.6. The normalized spacial score (nSPS) is 25.6. The highest BCUT2D eigenvalue weighted by molar-refractivity contribution is 5.74. The van der Waals surface area contributed by atoms with Crippen LogP contribution in [0.25, 0.3) is 22.4 Å². The summed E-state index contributed by atoms with van der Waals surface area (Å²) in [5.41, 5.74) is 6.54. The molecule has 0 spiro atoms. The van der Waals surface area contributed by atoms with Gasteiger partial charge in [-0.05, 0) is 68.7 Å². The predicted octanol–water partition coefficient (Wildman–Crippen LogP) is 4.81. The largest absolute Gasteiger partial charge is 0.507 e. The van der Waals surface area contributed by atoms with Crippen molar-refractivity contribution in [1.29, 1.82) is 0 Å². The fraction of sp³-hybridized carbons (Fsp3) is 0.481. The SMILES string of the molecule is CC[C@@]1(F)CC[C@](C)(N)C[C@@H]1N(c1ncc(-c2ccc(-c3cc(F)nc(OC)c3)cc2O)nn1)C1CC1. The number of nitrogens with zero attached hydrogens (tertiary/aromatic N) is 5. The third-order valence-electron chi connectivity index (χ3n) is 7.60. The lowest BCUT2D eigenvalue weighted by Gasteiger charge is -2.49. The highest BCUT2D eigenvalue weighted by atomic mass is 19.1. The van der Waals surface area contributed by atoms with Gasteiger partial charge in [-0.3, -0.25) is 0 Å². The summed E-state index contributed by atoms with van der Waals surface area (Å²) in [4.78, 5) is 10.2. The standard InChI is InChI=1S/C27H32F2N6O2/c1-4-27(29)10-9-26(2,30)14-22(27)35(18-6-7-18)25-31-15-20(33-34-25)19-8-5-16(11-21(19)36)17-12-23(28)32-24(13-17)37-3/h5,8,11-13,15,18,22,36H,4,6-7,9-10,14,30H2,1-3H3/t22-,26-,27+/m0/s1. The van der Waals surface area contributed by atoms with Gasteiger partial charge in [-0.1, -0.05) is 13.0 Å². The number of aromatic nitrogens is 4. The van der Waals surface area contributed by atoms with E-state index in [9.17, 15) is 9.50 Å². The molecule has 2 heterocycles. The molecule has 37 heavy (non-hydrogen) atoms. The maximum atomic E-state index is 16.0. The van der Waals surface area contributed by atoms with Crippen LogP contribution in [-0.4, -0.2) is 55.7 Å². The molecule has 2 saturated carbocycles. The summed E-state index contributed by atoms with van der Waals surface area (Å²) in [5.74, 6) is -0.230. The number of rotatable bonds is 7. The molecular formula is C27H32F2N6O2. The van der Waals surface area contributed by atoms with Crippen LogP contribution in [0.4, 0.5) is 14.7 Å². The van der Waals surface area contributed by atoms with Gasteiger partial charge in [0, 0.05) is 29.3 Å². The van der Waals surface area contributed by atoms with E-state index in [-0.39, 0.29) is 17.7 Å².